The van der Waals surface area contributed by atoms with E-state index in [4.69, 9.17) is 11.6 Å². The van der Waals surface area contributed by atoms with Gasteiger partial charge in [-0.25, -0.2) is 13.2 Å². The average Bonchev–Trinajstić information content (AvgIpc) is 3.28. The van der Waals surface area contributed by atoms with Gasteiger partial charge in [-0.15, -0.1) is 0 Å². The van der Waals surface area contributed by atoms with Crippen LogP contribution in [0.5, 0.6) is 0 Å². The number of likely N-dealkylation sites (N-methyl/N-ethyl adjacent to an activating group) is 1. The average molecular weight is 585 g/mol. The molecule has 0 saturated carbocycles. The van der Waals surface area contributed by atoms with Crippen molar-refractivity contribution in [1.29, 1.82) is 0 Å². The molecule has 0 radical (unpaired) electrons. The van der Waals surface area contributed by atoms with Crippen molar-refractivity contribution in [2.24, 2.45) is 5.92 Å². The van der Waals surface area contributed by atoms with E-state index in [1.807, 2.05) is 0 Å². The van der Waals surface area contributed by atoms with Crippen molar-refractivity contribution in [1.82, 2.24) is 9.62 Å². The Hall–Kier alpha value is -2.75. The maximum absolute atomic E-state index is 13.3. The Bertz CT molecular complexity index is 1480. The first-order valence-corrected chi connectivity index (χ1v) is 15.2. The van der Waals surface area contributed by atoms with Gasteiger partial charge in [0, 0.05) is 25.7 Å². The SMILES string of the molecule is Cc1cc(S(=O)(=O)N(C)C[C@@H](O)CNC(C)(C)CC2Cc3ccccc3C2)ccc1-c1ccc(C(=O)O)c(Cl)c1. The molecular weight excluding hydrogens is 548 g/mol. The van der Waals surface area contributed by atoms with Crippen LogP contribution in [0.4, 0.5) is 0 Å². The smallest absolute Gasteiger partial charge is 0.337 e. The first-order chi connectivity index (χ1) is 18.8. The van der Waals surface area contributed by atoms with Gasteiger partial charge in [0.15, 0.2) is 0 Å². The molecule has 0 unspecified atom stereocenters. The number of aromatic carboxylic acids is 1. The van der Waals surface area contributed by atoms with Crippen LogP contribution in [0.1, 0.15) is 47.3 Å². The molecule has 214 valence electrons. The van der Waals surface area contributed by atoms with E-state index in [2.05, 4.69) is 43.4 Å². The van der Waals surface area contributed by atoms with E-state index in [0.717, 1.165) is 24.8 Å². The zero-order chi connectivity index (χ0) is 29.2. The summed E-state index contributed by atoms with van der Waals surface area (Å²) >= 11 is 6.12. The van der Waals surface area contributed by atoms with Crippen molar-refractivity contribution in [2.75, 3.05) is 20.1 Å². The van der Waals surface area contributed by atoms with E-state index in [1.165, 1.54) is 34.6 Å². The van der Waals surface area contributed by atoms with Gasteiger partial charge in [0.05, 0.1) is 21.6 Å². The number of hydrogen-bond acceptors (Lipinski definition) is 5. The largest absolute Gasteiger partial charge is 0.478 e. The second-order valence-corrected chi connectivity index (χ2v) is 13.9. The minimum Gasteiger partial charge on any atom is -0.478 e. The fourth-order valence-electron chi connectivity index (χ4n) is 5.60. The maximum Gasteiger partial charge on any atom is 0.337 e. The van der Waals surface area contributed by atoms with Crippen molar-refractivity contribution in [2.45, 2.75) is 56.6 Å². The monoisotopic (exact) mass is 584 g/mol. The number of rotatable bonds is 11. The number of aryl methyl sites for hydroxylation is 1. The zero-order valence-electron chi connectivity index (χ0n) is 23.3. The molecule has 1 aliphatic rings. The van der Waals surface area contributed by atoms with Gasteiger partial charge in [-0.1, -0.05) is 48.0 Å². The van der Waals surface area contributed by atoms with Crippen LogP contribution in [0.2, 0.25) is 5.02 Å². The molecule has 0 heterocycles. The Morgan fingerprint density at radius 2 is 1.75 bits per heavy atom. The van der Waals surface area contributed by atoms with E-state index in [1.54, 1.807) is 31.2 Å². The van der Waals surface area contributed by atoms with Gasteiger partial charge >= 0.3 is 5.97 Å². The Labute approximate surface area is 241 Å². The van der Waals surface area contributed by atoms with Gasteiger partial charge in [0.1, 0.15) is 0 Å². The van der Waals surface area contributed by atoms with E-state index in [9.17, 15) is 23.4 Å². The Morgan fingerprint density at radius 1 is 1.10 bits per heavy atom. The zero-order valence-corrected chi connectivity index (χ0v) is 24.9. The van der Waals surface area contributed by atoms with Crippen molar-refractivity contribution in [3.8, 4) is 11.1 Å². The summed E-state index contributed by atoms with van der Waals surface area (Å²) < 4.78 is 27.8. The molecule has 0 saturated heterocycles. The molecule has 4 rings (SSSR count). The predicted molar refractivity (Wildman–Crippen MR) is 158 cm³/mol. The van der Waals surface area contributed by atoms with Crippen LogP contribution < -0.4 is 5.32 Å². The van der Waals surface area contributed by atoms with Crippen LogP contribution in [-0.4, -0.2) is 60.7 Å². The lowest BCUT2D eigenvalue weighted by Crippen LogP contribution is -2.47. The van der Waals surface area contributed by atoms with Gasteiger partial charge in [0.2, 0.25) is 10.0 Å². The van der Waals surface area contributed by atoms with Crippen LogP contribution in [0.15, 0.2) is 65.6 Å². The Kier molecular flexibility index (Phi) is 9.07. The summed E-state index contributed by atoms with van der Waals surface area (Å²) in [5.41, 5.74) is 4.77. The molecule has 7 nitrogen and oxygen atoms in total. The van der Waals surface area contributed by atoms with E-state index in [0.29, 0.717) is 17.0 Å². The standard InChI is InChI=1S/C31H37ClN2O5S/c1-20-13-26(10-12-27(20)24-9-11-28(30(36)37)29(32)16-24)40(38,39)34(4)19-25(35)18-33-31(2,3)17-21-14-22-7-5-6-8-23(22)15-21/h5-13,16,21,25,33,35H,14-15,17-19H2,1-4H3,(H,36,37)/t25-/m0/s1. The highest BCUT2D eigenvalue weighted by Crippen LogP contribution is 2.32. The molecule has 3 N–H and O–H groups in total. The van der Waals surface area contributed by atoms with Crippen molar-refractivity contribution >= 4 is 27.6 Å². The normalized spacial score (nSPS) is 14.9. The highest BCUT2D eigenvalue weighted by atomic mass is 35.5. The first kappa shape index (κ1) is 30.2. The summed E-state index contributed by atoms with van der Waals surface area (Å²) in [4.78, 5) is 11.4. The molecule has 3 aromatic carbocycles. The molecule has 0 aliphatic heterocycles. The Balaban J connectivity index is 1.35. The van der Waals surface area contributed by atoms with Gasteiger partial charge in [-0.05, 0) is 98.0 Å². The van der Waals surface area contributed by atoms with Crippen LogP contribution in [0.25, 0.3) is 11.1 Å². The Morgan fingerprint density at radius 3 is 2.33 bits per heavy atom. The number of carboxylic acids is 1. The number of fused-ring (bicyclic) bond motifs is 1. The fraction of sp³-hybridized carbons (Fsp3) is 0.387. The highest BCUT2D eigenvalue weighted by molar-refractivity contribution is 7.89. The number of halogens is 1. The lowest BCUT2D eigenvalue weighted by Gasteiger charge is -2.31. The van der Waals surface area contributed by atoms with E-state index in [-0.39, 0.29) is 34.1 Å². The third-order valence-corrected chi connectivity index (χ3v) is 9.77. The lowest BCUT2D eigenvalue weighted by atomic mass is 9.88. The second-order valence-electron chi connectivity index (χ2n) is 11.4. The highest BCUT2D eigenvalue weighted by Gasteiger charge is 2.29. The number of aliphatic hydroxyl groups excluding tert-OH is 1. The summed E-state index contributed by atoms with van der Waals surface area (Å²) in [6, 6.07) is 18.0. The number of aliphatic hydroxyl groups is 1. The molecule has 9 heteroatoms. The first-order valence-electron chi connectivity index (χ1n) is 13.4. The van der Waals surface area contributed by atoms with Crippen LogP contribution >= 0.6 is 11.6 Å². The van der Waals surface area contributed by atoms with E-state index >= 15 is 0 Å². The number of nitrogens with zero attached hydrogens (tertiary/aromatic N) is 1. The number of benzene rings is 3. The van der Waals surface area contributed by atoms with E-state index < -0.39 is 22.1 Å². The number of β-amino-alcohol motifs (C(OH)–C–C–N with tert-alkyl or cyclic N) is 1. The molecule has 0 fully saturated rings. The third kappa shape index (κ3) is 6.93. The van der Waals surface area contributed by atoms with Crippen LogP contribution in [0, 0.1) is 12.8 Å². The predicted octanol–water partition coefficient (Wildman–Crippen LogP) is 5.17. The van der Waals surface area contributed by atoms with Crippen molar-refractivity contribution < 1.29 is 23.4 Å². The number of nitrogens with one attached hydrogen (secondary N) is 1. The third-order valence-electron chi connectivity index (χ3n) is 7.64. The fourth-order valence-corrected chi connectivity index (χ4v) is 7.15. The van der Waals surface area contributed by atoms with Crippen LogP contribution in [0.3, 0.4) is 0 Å². The van der Waals surface area contributed by atoms with Gasteiger partial charge in [-0.2, -0.15) is 4.31 Å². The molecule has 0 spiro atoms. The number of sulfonamides is 1. The molecule has 0 amide bonds. The topological polar surface area (TPSA) is 107 Å². The minimum atomic E-state index is -3.84. The lowest BCUT2D eigenvalue weighted by molar-refractivity contribution is 0.0697. The van der Waals surface area contributed by atoms with Crippen LogP contribution in [-0.2, 0) is 22.9 Å². The second kappa shape index (κ2) is 12.0. The van der Waals surface area contributed by atoms with Crippen molar-refractivity contribution in [3.63, 3.8) is 0 Å². The number of carboxylic acid groups (broad SMARTS) is 1. The van der Waals surface area contributed by atoms with Crippen molar-refractivity contribution in [3.05, 3.63) is 87.9 Å². The molecule has 0 bridgehead atoms. The number of carbonyl (C=O) groups is 1. The number of hydrogen-bond donors (Lipinski definition) is 3. The molecule has 0 aromatic heterocycles. The van der Waals surface area contributed by atoms with Gasteiger partial charge < -0.3 is 15.5 Å². The summed E-state index contributed by atoms with van der Waals surface area (Å²) in [7, 11) is -2.38. The minimum absolute atomic E-state index is 0.00411. The maximum atomic E-state index is 13.3. The summed E-state index contributed by atoms with van der Waals surface area (Å²) in [5.74, 6) is -0.573. The molecule has 1 atom stereocenters. The molecular formula is C31H37ClN2O5S. The summed E-state index contributed by atoms with van der Waals surface area (Å²) in [6.07, 6.45) is 2.20. The summed E-state index contributed by atoms with van der Waals surface area (Å²) in [5, 5.41) is 23.5. The van der Waals surface area contributed by atoms with Gasteiger partial charge in [0.25, 0.3) is 0 Å². The molecule has 3 aromatic rings. The molecule has 1 aliphatic carbocycles. The summed E-state index contributed by atoms with van der Waals surface area (Å²) in [6.45, 7) is 6.26. The van der Waals surface area contributed by atoms with Gasteiger partial charge in [-0.3, -0.25) is 0 Å². The quantitative estimate of drug-likeness (QED) is 0.287. The molecule has 40 heavy (non-hydrogen) atoms.